The maximum Gasteiger partial charge on any atom is 0.315 e. The Kier molecular flexibility index (Phi) is 4.24. The SMILES string of the molecule is O=[N+]([O-])c1cc2oc3c(c2c(C=Nc2ccc(Br)cc2)c1O)CCCC3. The first kappa shape index (κ1) is 16.8. The zero-order valence-corrected chi connectivity index (χ0v) is 15.3. The van der Waals surface area contributed by atoms with E-state index < -0.39 is 4.92 Å². The number of halogens is 1. The zero-order valence-electron chi connectivity index (χ0n) is 13.7. The first-order valence-corrected chi connectivity index (χ1v) is 9.08. The van der Waals surface area contributed by atoms with Crippen LogP contribution >= 0.6 is 15.9 Å². The minimum absolute atomic E-state index is 0.337. The van der Waals surface area contributed by atoms with Crippen molar-refractivity contribution in [1.29, 1.82) is 0 Å². The molecule has 0 unspecified atom stereocenters. The van der Waals surface area contributed by atoms with E-state index in [1.807, 2.05) is 24.3 Å². The summed E-state index contributed by atoms with van der Waals surface area (Å²) in [5.41, 5.74) is 2.10. The highest BCUT2D eigenvalue weighted by molar-refractivity contribution is 9.10. The van der Waals surface area contributed by atoms with Crippen LogP contribution in [0.15, 0.2) is 44.2 Å². The molecule has 0 spiro atoms. The first-order chi connectivity index (χ1) is 12.5. The number of hydrogen-bond donors (Lipinski definition) is 1. The molecule has 1 aliphatic rings. The third-order valence-electron chi connectivity index (χ3n) is 4.60. The fraction of sp³-hybridized carbons (Fsp3) is 0.211. The Morgan fingerprint density at radius 2 is 1.96 bits per heavy atom. The van der Waals surface area contributed by atoms with E-state index in [0.717, 1.165) is 46.9 Å². The number of phenols is 1. The van der Waals surface area contributed by atoms with Crippen molar-refractivity contribution in [2.24, 2.45) is 4.99 Å². The number of aliphatic imine (C=N–C) groups is 1. The van der Waals surface area contributed by atoms with E-state index in [0.29, 0.717) is 16.8 Å². The Bertz CT molecular complexity index is 1040. The topological polar surface area (TPSA) is 88.9 Å². The molecule has 1 heterocycles. The summed E-state index contributed by atoms with van der Waals surface area (Å²) in [6.07, 6.45) is 5.19. The molecule has 132 valence electrons. The van der Waals surface area contributed by atoms with Gasteiger partial charge in [0.25, 0.3) is 0 Å². The number of phenolic OH excluding ortho intramolecular Hbond substituents is 1. The van der Waals surface area contributed by atoms with Crippen molar-refractivity contribution in [2.75, 3.05) is 0 Å². The number of nitro benzene ring substituents is 1. The van der Waals surface area contributed by atoms with Gasteiger partial charge < -0.3 is 9.52 Å². The fourth-order valence-corrected chi connectivity index (χ4v) is 3.63. The number of fused-ring (bicyclic) bond motifs is 3. The lowest BCUT2D eigenvalue weighted by molar-refractivity contribution is -0.385. The van der Waals surface area contributed by atoms with Crippen LogP contribution in [0.1, 0.15) is 29.7 Å². The molecule has 0 saturated heterocycles. The van der Waals surface area contributed by atoms with Gasteiger partial charge in [0.1, 0.15) is 11.3 Å². The lowest BCUT2D eigenvalue weighted by Gasteiger charge is -2.10. The van der Waals surface area contributed by atoms with Gasteiger partial charge >= 0.3 is 5.69 Å². The van der Waals surface area contributed by atoms with Crippen LogP contribution in [0.3, 0.4) is 0 Å². The second-order valence-electron chi connectivity index (χ2n) is 6.23. The highest BCUT2D eigenvalue weighted by Crippen LogP contribution is 2.41. The summed E-state index contributed by atoms with van der Waals surface area (Å²) >= 11 is 3.37. The Morgan fingerprint density at radius 3 is 2.69 bits per heavy atom. The average molecular weight is 415 g/mol. The summed E-state index contributed by atoms with van der Waals surface area (Å²) in [5, 5.41) is 22.6. The third kappa shape index (κ3) is 2.88. The monoisotopic (exact) mass is 414 g/mol. The number of rotatable bonds is 3. The van der Waals surface area contributed by atoms with Crippen molar-refractivity contribution >= 4 is 44.5 Å². The summed E-state index contributed by atoms with van der Waals surface area (Å²) in [7, 11) is 0. The van der Waals surface area contributed by atoms with Crippen LogP contribution in [0.25, 0.3) is 11.0 Å². The van der Waals surface area contributed by atoms with Gasteiger partial charge in [0.2, 0.25) is 5.75 Å². The highest BCUT2D eigenvalue weighted by atomic mass is 79.9. The molecule has 1 aliphatic carbocycles. The Labute approximate surface area is 157 Å². The van der Waals surface area contributed by atoms with Gasteiger partial charge in [-0.3, -0.25) is 15.1 Å². The lowest BCUT2D eigenvalue weighted by Crippen LogP contribution is -2.00. The van der Waals surface area contributed by atoms with Gasteiger partial charge in [0, 0.05) is 28.1 Å². The number of furan rings is 1. The molecule has 0 saturated carbocycles. The van der Waals surface area contributed by atoms with E-state index in [4.69, 9.17) is 4.42 Å². The van der Waals surface area contributed by atoms with Crippen molar-refractivity contribution in [1.82, 2.24) is 0 Å². The van der Waals surface area contributed by atoms with Crippen molar-refractivity contribution in [3.63, 3.8) is 0 Å². The first-order valence-electron chi connectivity index (χ1n) is 8.29. The van der Waals surface area contributed by atoms with Crippen LogP contribution in [0.2, 0.25) is 0 Å². The molecule has 0 radical (unpaired) electrons. The molecular weight excluding hydrogens is 400 g/mol. The Morgan fingerprint density at radius 1 is 1.23 bits per heavy atom. The second kappa shape index (κ2) is 6.57. The molecule has 7 heteroatoms. The summed E-state index contributed by atoms with van der Waals surface area (Å²) in [5.74, 6) is 0.474. The van der Waals surface area contributed by atoms with E-state index in [1.165, 1.54) is 12.3 Å². The van der Waals surface area contributed by atoms with Gasteiger partial charge in [-0.15, -0.1) is 0 Å². The Balaban J connectivity index is 1.92. The molecule has 0 fully saturated rings. The van der Waals surface area contributed by atoms with Gasteiger partial charge in [-0.05, 0) is 43.5 Å². The maximum atomic E-state index is 11.3. The molecule has 6 nitrogen and oxygen atoms in total. The molecule has 3 aromatic rings. The van der Waals surface area contributed by atoms with Gasteiger partial charge in [-0.25, -0.2) is 0 Å². The minimum Gasteiger partial charge on any atom is -0.502 e. The number of benzene rings is 2. The van der Waals surface area contributed by atoms with Gasteiger partial charge in [-0.1, -0.05) is 15.9 Å². The van der Waals surface area contributed by atoms with E-state index in [2.05, 4.69) is 20.9 Å². The molecule has 26 heavy (non-hydrogen) atoms. The van der Waals surface area contributed by atoms with Crippen molar-refractivity contribution in [2.45, 2.75) is 25.7 Å². The van der Waals surface area contributed by atoms with Crippen LogP contribution in [0, 0.1) is 10.1 Å². The number of aromatic hydroxyl groups is 1. The normalized spacial score (nSPS) is 14.0. The van der Waals surface area contributed by atoms with Crippen molar-refractivity contribution in [3.8, 4) is 5.75 Å². The summed E-state index contributed by atoms with van der Waals surface area (Å²) < 4.78 is 6.79. The molecular formula is C19H15BrN2O4. The van der Waals surface area contributed by atoms with Crippen molar-refractivity contribution in [3.05, 3.63) is 61.8 Å². The predicted octanol–water partition coefficient (Wildman–Crippen LogP) is 5.44. The molecule has 4 rings (SSSR count). The second-order valence-corrected chi connectivity index (χ2v) is 7.15. The predicted molar refractivity (Wildman–Crippen MR) is 103 cm³/mol. The molecule has 0 bridgehead atoms. The summed E-state index contributed by atoms with van der Waals surface area (Å²) in [6, 6.07) is 8.65. The van der Waals surface area contributed by atoms with Crippen LogP contribution in [-0.2, 0) is 12.8 Å². The zero-order chi connectivity index (χ0) is 18.3. The van der Waals surface area contributed by atoms with Gasteiger partial charge in [-0.2, -0.15) is 0 Å². The van der Waals surface area contributed by atoms with Crippen LogP contribution in [-0.4, -0.2) is 16.2 Å². The number of nitro groups is 1. The van der Waals surface area contributed by atoms with Gasteiger partial charge in [0.15, 0.2) is 0 Å². The average Bonchev–Trinajstić information content (AvgIpc) is 3.00. The fourth-order valence-electron chi connectivity index (χ4n) is 3.36. The molecule has 2 aromatic carbocycles. The standard InChI is InChI=1S/C19H15BrN2O4/c20-11-5-7-12(8-6-11)21-10-14-18-13-3-1-2-4-16(13)26-17(18)9-15(19(14)23)22(24)25/h5-10,23H,1-4H2. The number of hydrogen-bond acceptors (Lipinski definition) is 5. The van der Waals surface area contributed by atoms with E-state index in [9.17, 15) is 15.2 Å². The lowest BCUT2D eigenvalue weighted by atomic mass is 9.93. The van der Waals surface area contributed by atoms with Crippen molar-refractivity contribution < 1.29 is 14.4 Å². The summed E-state index contributed by atoms with van der Waals surface area (Å²) in [6.45, 7) is 0. The van der Waals surface area contributed by atoms with E-state index >= 15 is 0 Å². The van der Waals surface area contributed by atoms with E-state index in [1.54, 1.807) is 0 Å². The van der Waals surface area contributed by atoms with Gasteiger partial charge in [0.05, 0.1) is 22.2 Å². The van der Waals surface area contributed by atoms with E-state index in [-0.39, 0.29) is 11.4 Å². The molecule has 1 N–H and O–H groups in total. The maximum absolute atomic E-state index is 11.3. The van der Waals surface area contributed by atoms with Crippen LogP contribution in [0.5, 0.6) is 5.75 Å². The molecule has 1 aromatic heterocycles. The molecule has 0 atom stereocenters. The quantitative estimate of drug-likeness (QED) is 0.351. The molecule has 0 aliphatic heterocycles. The smallest absolute Gasteiger partial charge is 0.315 e. The largest absolute Gasteiger partial charge is 0.502 e. The summed E-state index contributed by atoms with van der Waals surface area (Å²) in [4.78, 5) is 15.1. The Hall–Kier alpha value is -2.67. The van der Waals surface area contributed by atoms with Crippen LogP contribution in [0.4, 0.5) is 11.4 Å². The number of aryl methyl sites for hydroxylation is 2. The minimum atomic E-state index is -0.604. The third-order valence-corrected chi connectivity index (χ3v) is 5.13. The van der Waals surface area contributed by atoms with Crippen LogP contribution < -0.4 is 0 Å². The molecule has 0 amide bonds. The highest BCUT2D eigenvalue weighted by Gasteiger charge is 2.27. The number of nitrogens with zero attached hydrogens (tertiary/aromatic N) is 2.